The Bertz CT molecular complexity index is 1060. The van der Waals surface area contributed by atoms with Gasteiger partial charge in [0.15, 0.2) is 5.76 Å². The van der Waals surface area contributed by atoms with Crippen molar-refractivity contribution >= 4 is 22.8 Å². The Morgan fingerprint density at radius 2 is 2.11 bits per heavy atom. The molecular weight excluding hydrogens is 362 g/mol. The number of esters is 1. The fraction of sp³-hybridized carbons (Fsp3) is 0.300. The zero-order valence-corrected chi connectivity index (χ0v) is 15.1. The minimum absolute atomic E-state index is 0.123. The van der Waals surface area contributed by atoms with Crippen molar-refractivity contribution in [1.82, 2.24) is 14.9 Å². The maximum atomic E-state index is 12.5. The zero-order chi connectivity index (χ0) is 19.5. The van der Waals surface area contributed by atoms with Crippen LogP contribution in [0.1, 0.15) is 29.2 Å². The molecule has 1 N–H and O–H groups in total. The Balaban J connectivity index is 1.40. The second-order valence-electron chi connectivity index (χ2n) is 6.71. The molecule has 1 fully saturated rings. The number of likely N-dealkylation sites (tertiary alicyclic amines) is 1. The van der Waals surface area contributed by atoms with E-state index in [2.05, 4.69) is 9.97 Å². The van der Waals surface area contributed by atoms with Gasteiger partial charge in [-0.3, -0.25) is 14.4 Å². The van der Waals surface area contributed by atoms with Crippen LogP contribution in [0.15, 0.2) is 51.9 Å². The molecule has 3 aromatic rings. The van der Waals surface area contributed by atoms with E-state index in [0.29, 0.717) is 30.3 Å². The number of hydrogen-bond acceptors (Lipinski definition) is 6. The number of aromatic nitrogens is 2. The number of para-hydroxylation sites is 1. The minimum atomic E-state index is -0.417. The van der Waals surface area contributed by atoms with Crippen LogP contribution in [-0.4, -0.2) is 39.8 Å². The molecule has 0 saturated carbocycles. The molecule has 1 atom stereocenters. The van der Waals surface area contributed by atoms with E-state index in [4.69, 9.17) is 9.15 Å². The van der Waals surface area contributed by atoms with Gasteiger partial charge in [-0.2, -0.15) is 0 Å². The Kier molecular flexibility index (Phi) is 4.92. The van der Waals surface area contributed by atoms with Crippen LogP contribution in [-0.2, 0) is 16.1 Å². The number of carbonyl (C=O) groups is 2. The van der Waals surface area contributed by atoms with E-state index in [1.165, 1.54) is 6.26 Å². The van der Waals surface area contributed by atoms with Crippen molar-refractivity contribution in [2.24, 2.45) is 5.92 Å². The van der Waals surface area contributed by atoms with Gasteiger partial charge in [0, 0.05) is 13.1 Å². The molecule has 0 aliphatic carbocycles. The number of furan rings is 1. The Morgan fingerprint density at radius 3 is 2.93 bits per heavy atom. The summed E-state index contributed by atoms with van der Waals surface area (Å²) in [6.45, 7) is 0.727. The number of amides is 1. The molecule has 1 amide bonds. The highest BCUT2D eigenvalue weighted by atomic mass is 16.5. The minimum Gasteiger partial charge on any atom is -0.459 e. The van der Waals surface area contributed by atoms with Gasteiger partial charge in [0.25, 0.3) is 11.5 Å². The molecule has 2 aromatic heterocycles. The SMILES string of the molecule is O=C(OCc1nc2ccccc2c(=O)[nH]1)[C@H]1CCCN(C(=O)c2ccco2)C1. The number of ether oxygens (including phenoxy) is 1. The maximum absolute atomic E-state index is 12.5. The lowest BCUT2D eigenvalue weighted by molar-refractivity contribution is -0.151. The van der Waals surface area contributed by atoms with Crippen LogP contribution in [0.25, 0.3) is 10.9 Å². The monoisotopic (exact) mass is 381 g/mol. The van der Waals surface area contributed by atoms with E-state index in [1.807, 2.05) is 0 Å². The number of fused-ring (bicyclic) bond motifs is 1. The van der Waals surface area contributed by atoms with E-state index in [9.17, 15) is 14.4 Å². The predicted molar refractivity (Wildman–Crippen MR) is 99.5 cm³/mol. The average molecular weight is 381 g/mol. The van der Waals surface area contributed by atoms with E-state index < -0.39 is 11.9 Å². The molecule has 28 heavy (non-hydrogen) atoms. The normalized spacial score (nSPS) is 16.9. The van der Waals surface area contributed by atoms with Crippen molar-refractivity contribution in [2.75, 3.05) is 13.1 Å². The fourth-order valence-electron chi connectivity index (χ4n) is 3.37. The highest BCUT2D eigenvalue weighted by Gasteiger charge is 2.31. The van der Waals surface area contributed by atoms with Crippen LogP contribution in [0.2, 0.25) is 0 Å². The third-order valence-corrected chi connectivity index (χ3v) is 4.79. The van der Waals surface area contributed by atoms with Gasteiger partial charge in [-0.05, 0) is 37.1 Å². The Labute approximate surface area is 160 Å². The smallest absolute Gasteiger partial charge is 0.311 e. The van der Waals surface area contributed by atoms with Crippen LogP contribution < -0.4 is 5.56 Å². The molecule has 1 aliphatic heterocycles. The second-order valence-corrected chi connectivity index (χ2v) is 6.71. The zero-order valence-electron chi connectivity index (χ0n) is 15.1. The third-order valence-electron chi connectivity index (χ3n) is 4.79. The molecule has 1 saturated heterocycles. The van der Waals surface area contributed by atoms with Gasteiger partial charge in [-0.15, -0.1) is 0 Å². The van der Waals surface area contributed by atoms with Crippen LogP contribution >= 0.6 is 0 Å². The lowest BCUT2D eigenvalue weighted by Gasteiger charge is -2.30. The average Bonchev–Trinajstić information content (AvgIpc) is 3.26. The first-order valence-corrected chi connectivity index (χ1v) is 9.09. The number of nitrogens with zero attached hydrogens (tertiary/aromatic N) is 2. The van der Waals surface area contributed by atoms with Crippen molar-refractivity contribution in [2.45, 2.75) is 19.4 Å². The summed E-state index contributed by atoms with van der Waals surface area (Å²) in [4.78, 5) is 45.5. The van der Waals surface area contributed by atoms with Crippen molar-refractivity contribution in [3.63, 3.8) is 0 Å². The number of H-pyrrole nitrogens is 1. The first kappa shape index (κ1) is 18.0. The van der Waals surface area contributed by atoms with Crippen molar-refractivity contribution < 1.29 is 18.7 Å². The first-order chi connectivity index (χ1) is 13.6. The van der Waals surface area contributed by atoms with Crippen LogP contribution in [0.5, 0.6) is 0 Å². The number of benzene rings is 1. The number of carbonyl (C=O) groups excluding carboxylic acids is 2. The lowest BCUT2D eigenvalue weighted by atomic mass is 9.98. The standard InChI is InChI=1S/C20H19N3O5/c24-18-14-6-1-2-7-15(14)21-17(22-18)12-28-20(26)13-5-3-9-23(11-13)19(25)16-8-4-10-27-16/h1-2,4,6-8,10,13H,3,5,9,11-12H2,(H,21,22,24)/t13-/m0/s1. The van der Waals surface area contributed by atoms with Gasteiger partial charge < -0.3 is 19.0 Å². The van der Waals surface area contributed by atoms with Crippen molar-refractivity contribution in [3.8, 4) is 0 Å². The van der Waals surface area contributed by atoms with E-state index >= 15 is 0 Å². The lowest BCUT2D eigenvalue weighted by Crippen LogP contribution is -2.42. The van der Waals surface area contributed by atoms with Gasteiger partial charge in [-0.25, -0.2) is 4.98 Å². The van der Waals surface area contributed by atoms with E-state index in [1.54, 1.807) is 41.3 Å². The van der Waals surface area contributed by atoms with Gasteiger partial charge in [-0.1, -0.05) is 12.1 Å². The largest absolute Gasteiger partial charge is 0.459 e. The summed E-state index contributed by atoms with van der Waals surface area (Å²) < 4.78 is 10.5. The summed E-state index contributed by atoms with van der Waals surface area (Å²) in [6, 6.07) is 10.2. The molecule has 1 aliphatic rings. The summed E-state index contributed by atoms with van der Waals surface area (Å²) in [5, 5.41) is 0.483. The van der Waals surface area contributed by atoms with Crippen LogP contribution in [0.3, 0.4) is 0 Å². The number of hydrogen-bond donors (Lipinski definition) is 1. The molecule has 0 spiro atoms. The number of aromatic amines is 1. The van der Waals surface area contributed by atoms with Gasteiger partial charge in [0.1, 0.15) is 12.4 Å². The maximum Gasteiger partial charge on any atom is 0.311 e. The van der Waals surface area contributed by atoms with E-state index in [0.717, 1.165) is 0 Å². The van der Waals surface area contributed by atoms with Crippen molar-refractivity contribution in [3.05, 3.63) is 64.6 Å². The third kappa shape index (κ3) is 3.66. The summed E-state index contributed by atoms with van der Waals surface area (Å²) in [5.41, 5.74) is 0.273. The molecule has 0 unspecified atom stereocenters. The highest BCUT2D eigenvalue weighted by molar-refractivity contribution is 5.91. The summed E-state index contributed by atoms with van der Waals surface area (Å²) in [7, 11) is 0. The van der Waals surface area contributed by atoms with Crippen LogP contribution in [0, 0.1) is 5.92 Å². The van der Waals surface area contributed by atoms with Crippen molar-refractivity contribution in [1.29, 1.82) is 0 Å². The number of piperidine rings is 1. The first-order valence-electron chi connectivity index (χ1n) is 9.09. The highest BCUT2D eigenvalue weighted by Crippen LogP contribution is 2.20. The molecular formula is C20H19N3O5. The van der Waals surface area contributed by atoms with Gasteiger partial charge in [0.2, 0.25) is 0 Å². The molecule has 8 heteroatoms. The molecule has 0 bridgehead atoms. The molecule has 1 aromatic carbocycles. The number of rotatable bonds is 4. The molecule has 3 heterocycles. The summed E-state index contributed by atoms with van der Waals surface area (Å²) >= 11 is 0. The summed E-state index contributed by atoms with van der Waals surface area (Å²) in [6.07, 6.45) is 2.79. The fourth-order valence-corrected chi connectivity index (χ4v) is 3.37. The molecule has 4 rings (SSSR count). The topological polar surface area (TPSA) is 105 Å². The molecule has 0 radical (unpaired) electrons. The Morgan fingerprint density at radius 1 is 1.25 bits per heavy atom. The number of nitrogens with one attached hydrogen (secondary N) is 1. The Hall–Kier alpha value is -3.42. The van der Waals surface area contributed by atoms with E-state index in [-0.39, 0.29) is 36.2 Å². The molecule has 8 nitrogen and oxygen atoms in total. The molecule has 144 valence electrons. The van der Waals surface area contributed by atoms with Gasteiger partial charge >= 0.3 is 5.97 Å². The second kappa shape index (κ2) is 7.67. The summed E-state index contributed by atoms with van der Waals surface area (Å²) in [5.74, 6) is -0.515. The van der Waals surface area contributed by atoms with Gasteiger partial charge in [0.05, 0.1) is 23.1 Å². The quantitative estimate of drug-likeness (QED) is 0.694. The van der Waals surface area contributed by atoms with Crippen LogP contribution in [0.4, 0.5) is 0 Å². The predicted octanol–water partition coefficient (Wildman–Crippen LogP) is 2.11.